The van der Waals surface area contributed by atoms with Gasteiger partial charge in [0.1, 0.15) is 0 Å². The minimum Gasteiger partial charge on any atom is -0.394 e. The van der Waals surface area contributed by atoms with Gasteiger partial charge in [0.25, 0.3) is 0 Å². The molecular formula is C12H22N2O3. The molecule has 1 atom stereocenters. The molecule has 2 fully saturated rings. The molecule has 1 aliphatic carbocycles. The van der Waals surface area contributed by atoms with Crippen LogP contribution in [0.5, 0.6) is 0 Å². The van der Waals surface area contributed by atoms with Gasteiger partial charge < -0.3 is 20.5 Å². The summed E-state index contributed by atoms with van der Waals surface area (Å²) in [5, 5.41) is 9.04. The molecule has 5 heteroatoms. The lowest BCUT2D eigenvalue weighted by atomic mass is 9.94. The van der Waals surface area contributed by atoms with Crippen LogP contribution in [0, 0.1) is 0 Å². The monoisotopic (exact) mass is 242 g/mol. The summed E-state index contributed by atoms with van der Waals surface area (Å²) in [5.41, 5.74) is 5.92. The molecule has 1 saturated carbocycles. The second-order valence-corrected chi connectivity index (χ2v) is 5.26. The molecule has 0 spiro atoms. The highest BCUT2D eigenvalue weighted by atomic mass is 16.5. The van der Waals surface area contributed by atoms with Crippen molar-refractivity contribution in [2.24, 2.45) is 5.73 Å². The van der Waals surface area contributed by atoms with Crippen molar-refractivity contribution in [2.75, 3.05) is 26.3 Å². The van der Waals surface area contributed by atoms with Gasteiger partial charge in [-0.1, -0.05) is 12.8 Å². The summed E-state index contributed by atoms with van der Waals surface area (Å²) in [6.45, 7) is 1.59. The van der Waals surface area contributed by atoms with Gasteiger partial charge in [-0.25, -0.2) is 0 Å². The molecule has 2 rings (SSSR count). The van der Waals surface area contributed by atoms with E-state index in [0.717, 1.165) is 25.7 Å². The first kappa shape index (κ1) is 12.8. The molecular weight excluding hydrogens is 220 g/mol. The number of carbonyl (C=O) groups is 1. The van der Waals surface area contributed by atoms with Crippen LogP contribution in [-0.2, 0) is 9.53 Å². The maximum atomic E-state index is 12.1. The predicted octanol–water partition coefficient (Wildman–Crippen LogP) is -0.132. The van der Waals surface area contributed by atoms with E-state index >= 15 is 0 Å². The van der Waals surface area contributed by atoms with Crippen molar-refractivity contribution in [2.45, 2.75) is 43.7 Å². The van der Waals surface area contributed by atoms with Crippen molar-refractivity contribution < 1.29 is 14.6 Å². The van der Waals surface area contributed by atoms with E-state index in [0.29, 0.717) is 26.1 Å². The van der Waals surface area contributed by atoms with Crippen LogP contribution in [0.15, 0.2) is 0 Å². The molecule has 0 aromatic rings. The van der Waals surface area contributed by atoms with E-state index in [2.05, 4.69) is 0 Å². The molecule has 17 heavy (non-hydrogen) atoms. The second kappa shape index (κ2) is 5.33. The van der Waals surface area contributed by atoms with Crippen LogP contribution in [-0.4, -0.2) is 53.9 Å². The Morgan fingerprint density at radius 2 is 2.18 bits per heavy atom. The summed E-state index contributed by atoms with van der Waals surface area (Å²) in [6.07, 6.45) is 4.37. The van der Waals surface area contributed by atoms with Gasteiger partial charge in [0.2, 0.25) is 5.91 Å². The summed E-state index contributed by atoms with van der Waals surface area (Å²) in [6, 6.07) is 0. The standard InChI is InChI=1S/C12H22N2O3/c13-12(3-1-2-4-12)7-11(16)14-5-6-17-10(8-14)9-15/h10,15H,1-9,13H2. The minimum atomic E-state index is -0.288. The van der Waals surface area contributed by atoms with E-state index in [-0.39, 0.29) is 24.2 Å². The predicted molar refractivity (Wildman–Crippen MR) is 63.4 cm³/mol. The number of nitrogens with two attached hydrogens (primary N) is 1. The summed E-state index contributed by atoms with van der Waals surface area (Å²) in [7, 11) is 0. The summed E-state index contributed by atoms with van der Waals surface area (Å²) in [5.74, 6) is 0.108. The van der Waals surface area contributed by atoms with E-state index in [1.54, 1.807) is 4.90 Å². The number of ether oxygens (including phenoxy) is 1. The number of nitrogens with zero attached hydrogens (tertiary/aromatic N) is 1. The van der Waals surface area contributed by atoms with Crippen molar-refractivity contribution >= 4 is 5.91 Å². The highest BCUT2D eigenvalue weighted by molar-refractivity contribution is 5.77. The third-order valence-electron chi connectivity index (χ3n) is 3.80. The number of morpholine rings is 1. The average Bonchev–Trinajstić information content (AvgIpc) is 2.76. The molecule has 0 aromatic heterocycles. The van der Waals surface area contributed by atoms with Gasteiger partial charge >= 0.3 is 0 Å². The highest BCUT2D eigenvalue weighted by Crippen LogP contribution is 2.30. The molecule has 0 bridgehead atoms. The smallest absolute Gasteiger partial charge is 0.224 e. The Bertz CT molecular complexity index is 277. The van der Waals surface area contributed by atoms with Crippen molar-refractivity contribution in [1.29, 1.82) is 0 Å². The fourth-order valence-corrected chi connectivity index (χ4v) is 2.73. The lowest BCUT2D eigenvalue weighted by molar-refractivity contribution is -0.141. The van der Waals surface area contributed by atoms with Gasteiger partial charge in [-0.15, -0.1) is 0 Å². The molecule has 1 unspecified atom stereocenters. The highest BCUT2D eigenvalue weighted by Gasteiger charge is 2.34. The summed E-state index contributed by atoms with van der Waals surface area (Å²) < 4.78 is 5.33. The molecule has 1 amide bonds. The van der Waals surface area contributed by atoms with Gasteiger partial charge in [0.15, 0.2) is 0 Å². The van der Waals surface area contributed by atoms with E-state index in [4.69, 9.17) is 15.6 Å². The number of hydrogen-bond donors (Lipinski definition) is 2. The van der Waals surface area contributed by atoms with Crippen molar-refractivity contribution in [3.63, 3.8) is 0 Å². The third kappa shape index (κ3) is 3.18. The van der Waals surface area contributed by atoms with Gasteiger partial charge in [-0.2, -0.15) is 0 Å². The van der Waals surface area contributed by atoms with Crippen LogP contribution >= 0.6 is 0 Å². The molecule has 0 radical (unpaired) electrons. The molecule has 0 aromatic carbocycles. The molecule has 1 saturated heterocycles. The zero-order valence-corrected chi connectivity index (χ0v) is 10.2. The minimum absolute atomic E-state index is 0.0302. The Balaban J connectivity index is 1.86. The van der Waals surface area contributed by atoms with Crippen LogP contribution in [0.3, 0.4) is 0 Å². The van der Waals surface area contributed by atoms with Crippen molar-refractivity contribution in [3.05, 3.63) is 0 Å². The topological polar surface area (TPSA) is 75.8 Å². The normalized spacial score (nSPS) is 28.4. The van der Waals surface area contributed by atoms with Crippen LogP contribution in [0.4, 0.5) is 0 Å². The summed E-state index contributed by atoms with van der Waals surface area (Å²) in [4.78, 5) is 13.9. The van der Waals surface area contributed by atoms with Gasteiger partial charge in [-0.05, 0) is 12.8 Å². The SMILES string of the molecule is NC1(CC(=O)N2CCOC(CO)C2)CCCC1. The quantitative estimate of drug-likeness (QED) is 0.722. The number of aliphatic hydroxyl groups excluding tert-OH is 1. The Morgan fingerprint density at radius 1 is 1.47 bits per heavy atom. The van der Waals surface area contributed by atoms with E-state index in [9.17, 15) is 4.79 Å². The molecule has 3 N–H and O–H groups in total. The maximum absolute atomic E-state index is 12.1. The van der Waals surface area contributed by atoms with Crippen LogP contribution in [0.1, 0.15) is 32.1 Å². The first-order valence-corrected chi connectivity index (χ1v) is 6.42. The average molecular weight is 242 g/mol. The number of rotatable bonds is 3. The first-order valence-electron chi connectivity index (χ1n) is 6.42. The fourth-order valence-electron chi connectivity index (χ4n) is 2.73. The lowest BCUT2D eigenvalue weighted by Gasteiger charge is -2.34. The molecule has 2 aliphatic rings. The molecule has 1 heterocycles. The fraction of sp³-hybridized carbons (Fsp3) is 0.917. The largest absolute Gasteiger partial charge is 0.394 e. The van der Waals surface area contributed by atoms with Crippen LogP contribution < -0.4 is 5.73 Å². The van der Waals surface area contributed by atoms with Gasteiger partial charge in [0.05, 0.1) is 19.3 Å². The van der Waals surface area contributed by atoms with Crippen LogP contribution in [0.2, 0.25) is 0 Å². The van der Waals surface area contributed by atoms with Gasteiger partial charge in [0, 0.05) is 25.0 Å². The lowest BCUT2D eigenvalue weighted by Crippen LogP contribution is -2.50. The third-order valence-corrected chi connectivity index (χ3v) is 3.80. The van der Waals surface area contributed by atoms with E-state index in [1.165, 1.54) is 0 Å². The van der Waals surface area contributed by atoms with Crippen molar-refractivity contribution in [1.82, 2.24) is 4.90 Å². The zero-order chi connectivity index (χ0) is 12.3. The molecule has 98 valence electrons. The number of carbonyl (C=O) groups excluding carboxylic acids is 1. The first-order chi connectivity index (χ1) is 8.13. The van der Waals surface area contributed by atoms with Crippen LogP contribution in [0.25, 0.3) is 0 Å². The van der Waals surface area contributed by atoms with Gasteiger partial charge in [-0.3, -0.25) is 4.79 Å². The second-order valence-electron chi connectivity index (χ2n) is 5.26. The summed E-state index contributed by atoms with van der Waals surface area (Å²) >= 11 is 0. The van der Waals surface area contributed by atoms with E-state index < -0.39 is 0 Å². The Kier molecular flexibility index (Phi) is 4.01. The number of hydrogen-bond acceptors (Lipinski definition) is 4. The Morgan fingerprint density at radius 3 is 2.82 bits per heavy atom. The maximum Gasteiger partial charge on any atom is 0.224 e. The Hall–Kier alpha value is -0.650. The molecule has 1 aliphatic heterocycles. The van der Waals surface area contributed by atoms with E-state index in [1.807, 2.05) is 0 Å². The number of aliphatic hydroxyl groups is 1. The number of amides is 1. The molecule has 5 nitrogen and oxygen atoms in total. The van der Waals surface area contributed by atoms with Crippen molar-refractivity contribution in [3.8, 4) is 0 Å². The Labute approximate surface area is 102 Å². The zero-order valence-electron chi connectivity index (χ0n) is 10.2.